The number of morpholine rings is 1. The molecule has 1 aromatic heterocycles. The van der Waals surface area contributed by atoms with Gasteiger partial charge in [-0.15, -0.1) is 0 Å². The highest BCUT2D eigenvalue weighted by Gasteiger charge is 2.41. The van der Waals surface area contributed by atoms with E-state index >= 15 is 0 Å². The van der Waals surface area contributed by atoms with E-state index in [1.54, 1.807) is 19.2 Å². The summed E-state index contributed by atoms with van der Waals surface area (Å²) in [6.45, 7) is 1.84. The van der Waals surface area contributed by atoms with Gasteiger partial charge in [0, 0.05) is 30.4 Å². The zero-order valence-corrected chi connectivity index (χ0v) is 18.9. The first-order valence-electron chi connectivity index (χ1n) is 10.6. The lowest BCUT2D eigenvalue weighted by Crippen LogP contribution is -2.47. The molecule has 5 rings (SSSR count). The molecule has 170 valence electrons. The summed E-state index contributed by atoms with van der Waals surface area (Å²) in [4.78, 5) is 23.6. The Kier molecular flexibility index (Phi) is 5.26. The normalized spacial score (nSPS) is 22.6. The molecule has 2 amide bonds. The van der Waals surface area contributed by atoms with Gasteiger partial charge in [0.05, 0.1) is 43.8 Å². The number of benzene rings is 1. The lowest BCUT2D eigenvalue weighted by Gasteiger charge is -2.36. The average molecular weight is 459 g/mol. The third-order valence-corrected chi connectivity index (χ3v) is 7.51. The van der Waals surface area contributed by atoms with Crippen molar-refractivity contribution in [2.75, 3.05) is 36.7 Å². The first-order chi connectivity index (χ1) is 15.3. The predicted octanol–water partition coefficient (Wildman–Crippen LogP) is 1.54. The van der Waals surface area contributed by atoms with Crippen LogP contribution in [0.1, 0.15) is 24.1 Å². The van der Waals surface area contributed by atoms with E-state index in [-0.39, 0.29) is 31.2 Å². The maximum Gasteiger partial charge on any atom is 0.318 e. The number of sulfonamides is 1. The molecular formula is C21H26N6O4S. The Morgan fingerprint density at radius 3 is 2.41 bits per heavy atom. The second-order valence-electron chi connectivity index (χ2n) is 8.44. The Bertz CT molecular complexity index is 1140. The largest absolute Gasteiger partial charge is 0.377 e. The van der Waals surface area contributed by atoms with Crippen LogP contribution >= 0.6 is 0 Å². The number of nitrogens with one attached hydrogen (secondary N) is 2. The molecule has 3 aliphatic rings. The molecule has 3 aliphatic heterocycles. The molecule has 2 unspecified atom stereocenters. The number of ether oxygens (including phenoxy) is 1. The molecule has 2 aromatic rings. The molecule has 32 heavy (non-hydrogen) atoms. The van der Waals surface area contributed by atoms with Gasteiger partial charge in [-0.1, -0.05) is 0 Å². The van der Waals surface area contributed by atoms with Gasteiger partial charge in [-0.05, 0) is 37.1 Å². The van der Waals surface area contributed by atoms with Gasteiger partial charge in [0.1, 0.15) is 5.82 Å². The molecule has 0 radical (unpaired) electrons. The number of anilines is 2. The van der Waals surface area contributed by atoms with E-state index in [1.807, 2.05) is 12.1 Å². The molecule has 2 fully saturated rings. The second-order valence-corrected chi connectivity index (χ2v) is 10.4. The molecule has 2 saturated heterocycles. The highest BCUT2D eigenvalue weighted by Crippen LogP contribution is 2.39. The highest BCUT2D eigenvalue weighted by molar-refractivity contribution is 7.88. The molecule has 0 saturated carbocycles. The van der Waals surface area contributed by atoms with Crippen LogP contribution in [0.4, 0.5) is 16.3 Å². The van der Waals surface area contributed by atoms with Gasteiger partial charge in [0.15, 0.2) is 5.82 Å². The number of urea groups is 1. The first-order valence-corrected chi connectivity index (χ1v) is 12.5. The van der Waals surface area contributed by atoms with E-state index in [1.165, 1.54) is 10.6 Å². The van der Waals surface area contributed by atoms with Crippen LogP contribution in [0.3, 0.4) is 0 Å². The number of amides is 2. The molecule has 2 bridgehead atoms. The van der Waals surface area contributed by atoms with Gasteiger partial charge in [0.2, 0.25) is 10.0 Å². The lowest BCUT2D eigenvalue weighted by molar-refractivity contribution is 0.0901. The molecule has 4 heterocycles. The maximum absolute atomic E-state index is 12.2. The molecule has 0 aliphatic carbocycles. The number of aromatic nitrogens is 2. The van der Waals surface area contributed by atoms with Crippen molar-refractivity contribution in [3.63, 3.8) is 0 Å². The van der Waals surface area contributed by atoms with Crippen molar-refractivity contribution in [1.29, 1.82) is 0 Å². The van der Waals surface area contributed by atoms with Gasteiger partial charge in [-0.3, -0.25) is 0 Å². The van der Waals surface area contributed by atoms with E-state index in [0.717, 1.165) is 35.5 Å². The third kappa shape index (κ3) is 3.80. The zero-order valence-electron chi connectivity index (χ0n) is 18.0. The predicted molar refractivity (Wildman–Crippen MR) is 120 cm³/mol. The van der Waals surface area contributed by atoms with Crippen molar-refractivity contribution < 1.29 is 17.9 Å². The molecule has 2 atom stereocenters. The lowest BCUT2D eigenvalue weighted by atomic mass is 10.1. The summed E-state index contributed by atoms with van der Waals surface area (Å²) in [7, 11) is -1.79. The summed E-state index contributed by atoms with van der Waals surface area (Å²) in [6, 6.07) is 7.49. The minimum Gasteiger partial charge on any atom is -0.377 e. The van der Waals surface area contributed by atoms with E-state index in [0.29, 0.717) is 24.7 Å². The Morgan fingerprint density at radius 2 is 1.78 bits per heavy atom. The summed E-state index contributed by atoms with van der Waals surface area (Å²) in [5.41, 5.74) is 3.09. The van der Waals surface area contributed by atoms with Crippen LogP contribution in [0.2, 0.25) is 0 Å². The standard InChI is InChI=1S/C21H26N6O4S/c1-22-21(28)23-14-5-3-13(4-6-14)19-24-18-10-26(32(2,29)30)9-17(18)20(25-19)27-15-7-8-16(27)12-31-11-15/h3-6,15-16H,7-12H2,1-2H3,(H2,22,23,28). The fourth-order valence-corrected chi connectivity index (χ4v) is 5.38. The Hall–Kier alpha value is -2.76. The van der Waals surface area contributed by atoms with E-state index in [9.17, 15) is 13.2 Å². The van der Waals surface area contributed by atoms with Crippen molar-refractivity contribution in [1.82, 2.24) is 19.6 Å². The van der Waals surface area contributed by atoms with Crippen LogP contribution in [0, 0.1) is 0 Å². The molecule has 1 aromatic carbocycles. The van der Waals surface area contributed by atoms with Crippen LogP contribution in [0.5, 0.6) is 0 Å². The maximum atomic E-state index is 12.2. The van der Waals surface area contributed by atoms with Crippen molar-refractivity contribution in [2.24, 2.45) is 0 Å². The van der Waals surface area contributed by atoms with Gasteiger partial charge < -0.3 is 20.3 Å². The van der Waals surface area contributed by atoms with Crippen LogP contribution < -0.4 is 15.5 Å². The molecule has 10 nitrogen and oxygen atoms in total. The van der Waals surface area contributed by atoms with Gasteiger partial charge in [-0.25, -0.2) is 23.2 Å². The SMILES string of the molecule is CNC(=O)Nc1ccc(-c2nc3c(c(N4C5CCC4COC5)n2)CN(S(C)(=O)=O)C3)cc1. The first kappa shape index (κ1) is 21.1. The summed E-state index contributed by atoms with van der Waals surface area (Å²) in [5, 5.41) is 5.25. The fourth-order valence-electron chi connectivity index (χ4n) is 4.66. The molecule has 11 heteroatoms. The average Bonchev–Trinajstić information content (AvgIpc) is 3.31. The number of carbonyl (C=O) groups excluding carboxylic acids is 1. The number of hydrogen-bond donors (Lipinski definition) is 2. The number of rotatable bonds is 4. The fraction of sp³-hybridized carbons (Fsp3) is 0.476. The van der Waals surface area contributed by atoms with Crippen molar-refractivity contribution in [2.45, 2.75) is 38.0 Å². The third-order valence-electron chi connectivity index (χ3n) is 6.31. The van der Waals surface area contributed by atoms with Gasteiger partial charge >= 0.3 is 6.03 Å². The number of fused-ring (bicyclic) bond motifs is 3. The minimum absolute atomic E-state index is 0.243. The van der Waals surface area contributed by atoms with Gasteiger partial charge in [-0.2, -0.15) is 4.31 Å². The highest BCUT2D eigenvalue weighted by atomic mass is 32.2. The van der Waals surface area contributed by atoms with Crippen molar-refractivity contribution in [3.8, 4) is 11.4 Å². The monoisotopic (exact) mass is 458 g/mol. The Morgan fingerprint density at radius 1 is 1.09 bits per heavy atom. The molecular weight excluding hydrogens is 432 g/mol. The minimum atomic E-state index is -3.35. The smallest absolute Gasteiger partial charge is 0.318 e. The number of carbonyl (C=O) groups is 1. The summed E-state index contributed by atoms with van der Waals surface area (Å²) in [5.74, 6) is 1.37. The molecule has 2 N–H and O–H groups in total. The number of hydrogen-bond acceptors (Lipinski definition) is 7. The summed E-state index contributed by atoms with van der Waals surface area (Å²) in [6.07, 6.45) is 3.30. The zero-order chi connectivity index (χ0) is 22.5. The summed E-state index contributed by atoms with van der Waals surface area (Å²) >= 11 is 0. The Balaban J connectivity index is 1.55. The van der Waals surface area contributed by atoms with E-state index < -0.39 is 10.0 Å². The van der Waals surface area contributed by atoms with E-state index in [4.69, 9.17) is 14.7 Å². The van der Waals surface area contributed by atoms with Gasteiger partial charge in [0.25, 0.3) is 0 Å². The van der Waals surface area contributed by atoms with E-state index in [2.05, 4.69) is 15.5 Å². The second kappa shape index (κ2) is 7.98. The van der Waals surface area contributed by atoms with Crippen LogP contribution in [0.25, 0.3) is 11.4 Å². The van der Waals surface area contributed by atoms with Crippen molar-refractivity contribution in [3.05, 3.63) is 35.5 Å². The van der Waals surface area contributed by atoms with Crippen LogP contribution in [-0.2, 0) is 27.8 Å². The topological polar surface area (TPSA) is 117 Å². The quantitative estimate of drug-likeness (QED) is 0.714. The number of nitrogens with zero attached hydrogens (tertiary/aromatic N) is 4. The van der Waals surface area contributed by atoms with Crippen LogP contribution in [-0.4, -0.2) is 67.3 Å². The summed E-state index contributed by atoms with van der Waals surface area (Å²) < 4.78 is 31.7. The Labute approximate surface area is 187 Å². The van der Waals surface area contributed by atoms with Crippen molar-refractivity contribution >= 4 is 27.6 Å². The van der Waals surface area contributed by atoms with Crippen LogP contribution in [0.15, 0.2) is 24.3 Å². The molecule has 0 spiro atoms.